The van der Waals surface area contributed by atoms with E-state index in [9.17, 15) is 9.59 Å². The van der Waals surface area contributed by atoms with Crippen molar-refractivity contribution < 1.29 is 19.8 Å². The second-order valence-electron chi connectivity index (χ2n) is 14.9. The number of aliphatic hydroxyl groups excluding tert-OH is 2. The molecule has 272 valence electrons. The summed E-state index contributed by atoms with van der Waals surface area (Å²) >= 11 is 0. The average molecular weight is 683 g/mol. The zero-order chi connectivity index (χ0) is 37.5. The van der Waals surface area contributed by atoms with Crippen LogP contribution in [0.4, 0.5) is 0 Å². The Kier molecular flexibility index (Phi) is 17.2. The number of Topliss-reactive ketones (excluding diaryl/α,β-unsaturated/α-hetero) is 2. The zero-order valence-electron chi connectivity index (χ0n) is 32.2. The maximum atomic E-state index is 12.9. The summed E-state index contributed by atoms with van der Waals surface area (Å²) in [6, 6.07) is -0.496. The normalized spacial score (nSPS) is 23.0. The van der Waals surface area contributed by atoms with E-state index in [1.165, 1.54) is 0 Å². The van der Waals surface area contributed by atoms with E-state index >= 15 is 0 Å². The van der Waals surface area contributed by atoms with E-state index in [0.717, 1.165) is 44.6 Å². The monoisotopic (exact) mass is 682 g/mol. The predicted octanol–water partition coefficient (Wildman–Crippen LogP) is 8.08. The lowest BCUT2D eigenvalue weighted by atomic mass is 9.70. The number of hydrogen-bond acceptors (Lipinski definition) is 6. The Hall–Kier alpha value is -3.68. The Morgan fingerprint density at radius 1 is 0.600 bits per heavy atom. The summed E-state index contributed by atoms with van der Waals surface area (Å²) in [5, 5.41) is 24.6. The molecule has 2 aliphatic carbocycles. The van der Waals surface area contributed by atoms with Crippen molar-refractivity contribution in [1.82, 2.24) is 10.6 Å². The van der Waals surface area contributed by atoms with Crippen molar-refractivity contribution in [3.05, 3.63) is 130 Å². The van der Waals surface area contributed by atoms with Gasteiger partial charge in [-0.15, -0.1) is 0 Å². The molecule has 0 spiro atoms. The molecule has 0 heterocycles. The van der Waals surface area contributed by atoms with Crippen LogP contribution in [0.1, 0.15) is 82.1 Å². The first-order valence-electron chi connectivity index (χ1n) is 17.8. The van der Waals surface area contributed by atoms with Gasteiger partial charge >= 0.3 is 0 Å². The van der Waals surface area contributed by atoms with E-state index in [-0.39, 0.29) is 47.7 Å². The highest BCUT2D eigenvalue weighted by Crippen LogP contribution is 2.41. The van der Waals surface area contributed by atoms with Gasteiger partial charge < -0.3 is 20.8 Å². The third kappa shape index (κ3) is 13.2. The number of hydrogen-bond donors (Lipinski definition) is 4. The molecule has 0 bridgehead atoms. The van der Waals surface area contributed by atoms with Gasteiger partial charge in [-0.3, -0.25) is 9.59 Å². The molecule has 0 radical (unpaired) electrons. The number of rotatable bonds is 16. The summed E-state index contributed by atoms with van der Waals surface area (Å²) in [6.45, 7) is 21.6. The lowest BCUT2D eigenvalue weighted by molar-refractivity contribution is -0.119. The van der Waals surface area contributed by atoms with Crippen molar-refractivity contribution in [3.8, 4) is 0 Å². The second-order valence-corrected chi connectivity index (χ2v) is 14.9. The minimum absolute atomic E-state index is 0.0205. The van der Waals surface area contributed by atoms with Crippen molar-refractivity contribution in [2.45, 2.75) is 94.2 Å². The Balaban J connectivity index is 1.96. The van der Waals surface area contributed by atoms with Crippen LogP contribution in [0, 0.1) is 10.8 Å². The molecule has 0 aromatic heterocycles. The van der Waals surface area contributed by atoms with Gasteiger partial charge in [-0.05, 0) is 87.5 Å². The summed E-state index contributed by atoms with van der Waals surface area (Å²) in [6.07, 6.45) is 30.3. The van der Waals surface area contributed by atoms with Crippen molar-refractivity contribution in [2.75, 3.05) is 26.3 Å². The highest BCUT2D eigenvalue weighted by molar-refractivity contribution is 6.02. The lowest BCUT2D eigenvalue weighted by Gasteiger charge is -2.37. The van der Waals surface area contributed by atoms with Gasteiger partial charge in [0, 0.05) is 13.1 Å². The van der Waals surface area contributed by atoms with Crippen LogP contribution in [0.2, 0.25) is 0 Å². The van der Waals surface area contributed by atoms with E-state index in [2.05, 4.69) is 127 Å². The quantitative estimate of drug-likeness (QED) is 0.123. The number of nitrogens with one attached hydrogen (secondary N) is 2. The minimum Gasteiger partial charge on any atom is -0.395 e. The summed E-state index contributed by atoms with van der Waals surface area (Å²) in [5.74, 6) is 0.222. The first kappa shape index (κ1) is 42.5. The number of aliphatic hydroxyl groups is 2. The Labute approximate surface area is 302 Å². The van der Waals surface area contributed by atoms with E-state index in [1.807, 2.05) is 38.2 Å². The maximum absolute atomic E-state index is 12.9. The van der Waals surface area contributed by atoms with Crippen molar-refractivity contribution in [3.63, 3.8) is 0 Å². The van der Waals surface area contributed by atoms with Gasteiger partial charge in [-0.25, -0.2) is 0 Å². The molecule has 6 nitrogen and oxygen atoms in total. The summed E-state index contributed by atoms with van der Waals surface area (Å²) in [7, 11) is 0. The fourth-order valence-electron chi connectivity index (χ4n) is 6.51. The molecule has 6 heteroatoms. The van der Waals surface area contributed by atoms with Crippen molar-refractivity contribution in [1.29, 1.82) is 0 Å². The molecule has 2 unspecified atom stereocenters. The number of carbonyl (C=O) groups excluding carboxylic acids is 2. The topological polar surface area (TPSA) is 98.7 Å². The molecule has 0 saturated carbocycles. The smallest absolute Gasteiger partial charge is 0.175 e. The van der Waals surface area contributed by atoms with Gasteiger partial charge in [0.05, 0.1) is 25.3 Å². The Morgan fingerprint density at radius 3 is 1.26 bits per heavy atom. The third-order valence-corrected chi connectivity index (χ3v) is 9.36. The van der Waals surface area contributed by atoms with E-state index in [1.54, 1.807) is 0 Å². The Bertz CT molecular complexity index is 1450. The van der Waals surface area contributed by atoms with Gasteiger partial charge in [0.25, 0.3) is 0 Å². The van der Waals surface area contributed by atoms with E-state index in [4.69, 9.17) is 10.2 Å². The van der Waals surface area contributed by atoms with E-state index < -0.39 is 0 Å². The molecular weight excluding hydrogens is 620 g/mol. The minimum atomic E-state index is -0.248. The van der Waals surface area contributed by atoms with Gasteiger partial charge in [0.1, 0.15) is 0 Å². The van der Waals surface area contributed by atoms with Crippen molar-refractivity contribution >= 4 is 11.6 Å². The average Bonchev–Trinajstić information content (AvgIpc) is 3.04. The van der Waals surface area contributed by atoms with Gasteiger partial charge in [0.15, 0.2) is 11.6 Å². The largest absolute Gasteiger partial charge is 0.395 e. The second kappa shape index (κ2) is 20.2. The molecule has 0 amide bonds. The summed E-state index contributed by atoms with van der Waals surface area (Å²) in [4.78, 5) is 25.7. The van der Waals surface area contributed by atoms with Crippen LogP contribution < -0.4 is 10.6 Å². The van der Waals surface area contributed by atoms with Gasteiger partial charge in [-0.1, -0.05) is 135 Å². The lowest BCUT2D eigenvalue weighted by Crippen LogP contribution is -2.45. The molecule has 2 rings (SSSR count). The molecule has 2 aliphatic rings. The molecule has 0 aliphatic heterocycles. The van der Waals surface area contributed by atoms with Gasteiger partial charge in [0.2, 0.25) is 0 Å². The molecule has 0 fully saturated rings. The first-order valence-corrected chi connectivity index (χ1v) is 17.8. The van der Waals surface area contributed by atoms with E-state index in [0.29, 0.717) is 25.9 Å². The highest BCUT2D eigenvalue weighted by Gasteiger charge is 2.38. The van der Waals surface area contributed by atoms with Crippen LogP contribution in [0.25, 0.3) is 0 Å². The number of allylic oxidation sites excluding steroid dienone is 20. The molecule has 50 heavy (non-hydrogen) atoms. The Morgan fingerprint density at radius 2 is 0.920 bits per heavy atom. The summed E-state index contributed by atoms with van der Waals surface area (Å²) in [5.41, 5.74) is 7.88. The summed E-state index contributed by atoms with van der Waals surface area (Å²) < 4.78 is 0. The molecule has 4 N–H and O–H groups in total. The van der Waals surface area contributed by atoms with Crippen LogP contribution in [0.3, 0.4) is 0 Å². The van der Waals surface area contributed by atoms with Crippen LogP contribution in [0.5, 0.6) is 0 Å². The van der Waals surface area contributed by atoms with Crippen LogP contribution in [0.15, 0.2) is 130 Å². The van der Waals surface area contributed by atoms with Crippen LogP contribution in [-0.2, 0) is 9.59 Å². The standard InChI is InChI=1S/C44H62N2O4/c1-31(17-13-19-33(3)21-23-37-35(5)41(49)39(45-25-27-47)29-43(37,7)8)15-11-12-16-32(2)18-14-20-34(4)22-24-38-36(6)42(50)40(46-26-28-48)30-44(38,9)10/h11-24,39-40,45-48H,25-30H2,1-10H3. The van der Waals surface area contributed by atoms with Crippen LogP contribution in [-0.4, -0.2) is 60.2 Å². The molecule has 0 aromatic carbocycles. The first-order chi connectivity index (χ1) is 23.5. The highest BCUT2D eigenvalue weighted by atomic mass is 16.3. The SMILES string of the molecule is CC(C=CC=C(C)C=CC1=C(C)C(=O)C(NCCO)CC1(C)C)=CC=CC=C(C)C=CC=C(C)C=CC1=C(C)C(=O)C(NCCO)CC1(C)C. The maximum Gasteiger partial charge on any atom is 0.175 e. The fraction of sp³-hybridized carbons (Fsp3) is 0.455. The molecule has 0 saturated heterocycles. The van der Waals surface area contributed by atoms with Crippen LogP contribution >= 0.6 is 0 Å². The predicted molar refractivity (Wildman–Crippen MR) is 211 cm³/mol. The molecule has 2 atom stereocenters. The fourth-order valence-corrected chi connectivity index (χ4v) is 6.51. The number of carbonyl (C=O) groups is 2. The third-order valence-electron chi connectivity index (χ3n) is 9.36. The zero-order valence-corrected chi connectivity index (χ0v) is 32.2. The number of ketones is 2. The molecule has 0 aromatic rings. The van der Waals surface area contributed by atoms with Gasteiger partial charge in [-0.2, -0.15) is 0 Å². The molecular formula is C44H62N2O4. The van der Waals surface area contributed by atoms with Crippen molar-refractivity contribution in [2.24, 2.45) is 10.8 Å².